The Morgan fingerprint density at radius 1 is 1.50 bits per heavy atom. The second-order valence-electron chi connectivity index (χ2n) is 3.52. The zero-order chi connectivity index (χ0) is 8.97. The lowest BCUT2D eigenvalue weighted by molar-refractivity contribution is 0.428. The quantitative estimate of drug-likeness (QED) is 0.679. The first-order valence-corrected chi connectivity index (χ1v) is 5.01. The van der Waals surface area contributed by atoms with E-state index in [1.807, 2.05) is 7.05 Å². The fourth-order valence-corrected chi connectivity index (χ4v) is 2.04. The summed E-state index contributed by atoms with van der Waals surface area (Å²) in [6, 6.07) is 0. The molecule has 0 amide bonds. The Balaban J connectivity index is 2.54. The first-order valence-electron chi connectivity index (χ1n) is 5.01. The van der Waals surface area contributed by atoms with E-state index in [-0.39, 0.29) is 0 Å². The SMILES string of the molecule is CCC1=NCC(CC)C1CNC. The first kappa shape index (κ1) is 9.72. The number of nitrogens with one attached hydrogen (secondary N) is 1. The van der Waals surface area contributed by atoms with Crippen molar-refractivity contribution in [3.8, 4) is 0 Å². The molecule has 0 aromatic rings. The zero-order valence-electron chi connectivity index (χ0n) is 8.43. The summed E-state index contributed by atoms with van der Waals surface area (Å²) in [7, 11) is 2.03. The van der Waals surface area contributed by atoms with Gasteiger partial charge in [0.25, 0.3) is 0 Å². The first-order chi connectivity index (χ1) is 5.83. The molecule has 2 nitrogen and oxygen atoms in total. The standard InChI is InChI=1S/C10H20N2/c1-4-8-6-12-10(5-2)9(8)7-11-3/h8-9,11H,4-7H2,1-3H3. The third-order valence-electron chi connectivity index (χ3n) is 2.84. The summed E-state index contributed by atoms with van der Waals surface area (Å²) in [6.45, 7) is 6.64. The average Bonchev–Trinajstić information content (AvgIpc) is 2.48. The van der Waals surface area contributed by atoms with E-state index < -0.39 is 0 Å². The van der Waals surface area contributed by atoms with Crippen molar-refractivity contribution in [2.24, 2.45) is 16.8 Å². The van der Waals surface area contributed by atoms with Gasteiger partial charge in [0, 0.05) is 24.7 Å². The highest BCUT2D eigenvalue weighted by atomic mass is 14.9. The molecule has 0 aliphatic carbocycles. The summed E-state index contributed by atoms with van der Waals surface area (Å²) in [5.41, 5.74) is 1.43. The van der Waals surface area contributed by atoms with E-state index in [1.54, 1.807) is 0 Å². The fraction of sp³-hybridized carbons (Fsp3) is 0.900. The van der Waals surface area contributed by atoms with Crippen LogP contribution < -0.4 is 5.32 Å². The highest BCUT2D eigenvalue weighted by Crippen LogP contribution is 2.25. The molecule has 1 aliphatic rings. The third-order valence-corrected chi connectivity index (χ3v) is 2.84. The van der Waals surface area contributed by atoms with Crippen LogP contribution in [0.3, 0.4) is 0 Å². The molecule has 0 aromatic carbocycles. The van der Waals surface area contributed by atoms with Crippen LogP contribution in [-0.2, 0) is 0 Å². The molecule has 0 saturated carbocycles. The van der Waals surface area contributed by atoms with Crippen molar-refractivity contribution in [1.82, 2.24) is 5.32 Å². The summed E-state index contributed by atoms with van der Waals surface area (Å²) in [4.78, 5) is 4.58. The van der Waals surface area contributed by atoms with E-state index in [2.05, 4.69) is 24.2 Å². The summed E-state index contributed by atoms with van der Waals surface area (Å²) < 4.78 is 0. The van der Waals surface area contributed by atoms with E-state index >= 15 is 0 Å². The zero-order valence-corrected chi connectivity index (χ0v) is 8.43. The molecular formula is C10H20N2. The summed E-state index contributed by atoms with van der Waals surface area (Å²) >= 11 is 0. The van der Waals surface area contributed by atoms with Gasteiger partial charge in [-0.25, -0.2) is 0 Å². The molecular weight excluding hydrogens is 148 g/mol. The highest BCUT2D eigenvalue weighted by Gasteiger charge is 2.27. The molecule has 0 saturated heterocycles. The van der Waals surface area contributed by atoms with E-state index in [1.165, 1.54) is 12.1 Å². The molecule has 1 aliphatic heterocycles. The number of hydrogen-bond acceptors (Lipinski definition) is 2. The third kappa shape index (κ3) is 1.86. The van der Waals surface area contributed by atoms with Gasteiger partial charge >= 0.3 is 0 Å². The lowest BCUT2D eigenvalue weighted by Gasteiger charge is -2.18. The normalized spacial score (nSPS) is 29.1. The molecule has 1 rings (SSSR count). The Kier molecular flexibility index (Phi) is 3.73. The van der Waals surface area contributed by atoms with Crippen LogP contribution in [0.5, 0.6) is 0 Å². The van der Waals surface area contributed by atoms with Gasteiger partial charge in [-0.1, -0.05) is 20.3 Å². The summed E-state index contributed by atoms with van der Waals surface area (Å²) in [6.07, 6.45) is 2.39. The van der Waals surface area contributed by atoms with Crippen molar-refractivity contribution in [3.05, 3.63) is 0 Å². The van der Waals surface area contributed by atoms with Gasteiger partial charge in [-0.05, 0) is 19.4 Å². The van der Waals surface area contributed by atoms with Gasteiger partial charge in [-0.3, -0.25) is 4.99 Å². The van der Waals surface area contributed by atoms with Gasteiger partial charge < -0.3 is 5.32 Å². The fourth-order valence-electron chi connectivity index (χ4n) is 2.04. The Morgan fingerprint density at radius 2 is 2.25 bits per heavy atom. The van der Waals surface area contributed by atoms with Crippen LogP contribution in [-0.4, -0.2) is 25.8 Å². The van der Waals surface area contributed by atoms with E-state index in [0.29, 0.717) is 5.92 Å². The molecule has 0 spiro atoms. The molecule has 2 atom stereocenters. The topological polar surface area (TPSA) is 24.4 Å². The van der Waals surface area contributed by atoms with Crippen molar-refractivity contribution < 1.29 is 0 Å². The second-order valence-corrected chi connectivity index (χ2v) is 3.52. The minimum Gasteiger partial charge on any atom is -0.319 e. The maximum Gasteiger partial charge on any atom is 0.0423 e. The van der Waals surface area contributed by atoms with Crippen LogP contribution >= 0.6 is 0 Å². The molecule has 0 fully saturated rings. The summed E-state index contributed by atoms with van der Waals surface area (Å²) in [5, 5.41) is 3.26. The molecule has 12 heavy (non-hydrogen) atoms. The Hall–Kier alpha value is -0.370. The molecule has 70 valence electrons. The van der Waals surface area contributed by atoms with Crippen LogP contribution in [0.4, 0.5) is 0 Å². The van der Waals surface area contributed by atoms with Gasteiger partial charge in [0.2, 0.25) is 0 Å². The minimum atomic E-state index is 0.713. The van der Waals surface area contributed by atoms with Crippen molar-refractivity contribution in [3.63, 3.8) is 0 Å². The predicted octanol–water partition coefficient (Wildman–Crippen LogP) is 1.71. The Labute approximate surface area is 75.5 Å². The number of aliphatic imine (C=N–C) groups is 1. The lowest BCUT2D eigenvalue weighted by Crippen LogP contribution is -2.28. The van der Waals surface area contributed by atoms with Crippen molar-refractivity contribution in [1.29, 1.82) is 0 Å². The lowest BCUT2D eigenvalue weighted by atomic mass is 9.88. The highest BCUT2D eigenvalue weighted by molar-refractivity contribution is 5.88. The van der Waals surface area contributed by atoms with Crippen molar-refractivity contribution in [2.45, 2.75) is 26.7 Å². The molecule has 1 N–H and O–H groups in total. The second kappa shape index (κ2) is 4.61. The Morgan fingerprint density at radius 3 is 2.75 bits per heavy atom. The van der Waals surface area contributed by atoms with Crippen LogP contribution in [0, 0.1) is 11.8 Å². The smallest absolute Gasteiger partial charge is 0.0423 e. The number of hydrogen-bond donors (Lipinski definition) is 1. The van der Waals surface area contributed by atoms with Gasteiger partial charge in [0.05, 0.1) is 0 Å². The van der Waals surface area contributed by atoms with Gasteiger partial charge in [-0.2, -0.15) is 0 Å². The number of nitrogens with zero attached hydrogens (tertiary/aromatic N) is 1. The minimum absolute atomic E-state index is 0.713. The molecule has 2 unspecified atom stereocenters. The Bertz CT molecular complexity index is 163. The average molecular weight is 168 g/mol. The van der Waals surface area contributed by atoms with Crippen molar-refractivity contribution in [2.75, 3.05) is 20.1 Å². The maximum atomic E-state index is 4.58. The molecule has 2 heteroatoms. The van der Waals surface area contributed by atoms with Crippen LogP contribution in [0.15, 0.2) is 4.99 Å². The largest absolute Gasteiger partial charge is 0.319 e. The van der Waals surface area contributed by atoms with Crippen LogP contribution in [0.2, 0.25) is 0 Å². The van der Waals surface area contributed by atoms with E-state index in [0.717, 1.165) is 25.4 Å². The van der Waals surface area contributed by atoms with Gasteiger partial charge in [0.15, 0.2) is 0 Å². The van der Waals surface area contributed by atoms with Crippen molar-refractivity contribution >= 4 is 5.71 Å². The monoisotopic (exact) mass is 168 g/mol. The summed E-state index contributed by atoms with van der Waals surface area (Å²) in [5.74, 6) is 1.51. The van der Waals surface area contributed by atoms with E-state index in [9.17, 15) is 0 Å². The number of rotatable bonds is 4. The maximum absolute atomic E-state index is 4.58. The molecule has 0 radical (unpaired) electrons. The molecule has 0 bridgehead atoms. The van der Waals surface area contributed by atoms with Crippen LogP contribution in [0.1, 0.15) is 26.7 Å². The molecule has 0 aromatic heterocycles. The van der Waals surface area contributed by atoms with E-state index in [4.69, 9.17) is 0 Å². The van der Waals surface area contributed by atoms with Gasteiger partial charge in [0.1, 0.15) is 0 Å². The van der Waals surface area contributed by atoms with Gasteiger partial charge in [-0.15, -0.1) is 0 Å². The predicted molar refractivity (Wildman–Crippen MR) is 53.8 cm³/mol. The molecule has 1 heterocycles. The van der Waals surface area contributed by atoms with Crippen LogP contribution in [0.25, 0.3) is 0 Å².